The van der Waals surface area contributed by atoms with Crippen LogP contribution in [-0.2, 0) is 20.9 Å². The minimum atomic E-state index is -0.550. The van der Waals surface area contributed by atoms with Crippen LogP contribution in [0.2, 0.25) is 0 Å². The van der Waals surface area contributed by atoms with Gasteiger partial charge in [0.15, 0.2) is 5.78 Å². The molecule has 0 spiro atoms. The first-order chi connectivity index (χ1) is 14.4. The second-order valence-electron chi connectivity index (χ2n) is 7.02. The van der Waals surface area contributed by atoms with Crippen LogP contribution in [0.4, 0.5) is 5.69 Å². The normalized spacial score (nSPS) is 15.8. The Morgan fingerprint density at radius 3 is 2.50 bits per heavy atom. The lowest BCUT2D eigenvalue weighted by Gasteiger charge is -2.17. The fourth-order valence-electron chi connectivity index (χ4n) is 3.38. The summed E-state index contributed by atoms with van der Waals surface area (Å²) in [6.45, 7) is 4.17. The molecule has 1 amide bonds. The van der Waals surface area contributed by atoms with Gasteiger partial charge in [-0.1, -0.05) is 0 Å². The highest BCUT2D eigenvalue weighted by Gasteiger charge is 2.36. The van der Waals surface area contributed by atoms with E-state index in [1.165, 1.54) is 14.0 Å². The van der Waals surface area contributed by atoms with Crippen LogP contribution in [0.1, 0.15) is 36.2 Å². The van der Waals surface area contributed by atoms with E-state index in [9.17, 15) is 14.4 Å². The van der Waals surface area contributed by atoms with E-state index in [-0.39, 0.29) is 31.3 Å². The minimum absolute atomic E-state index is 0.0309. The Kier molecular flexibility index (Phi) is 6.72. The first-order valence-electron chi connectivity index (χ1n) is 9.80. The number of nitrogens with zero attached hydrogens (tertiary/aromatic N) is 1. The largest absolute Gasteiger partial charge is 0.496 e. The van der Waals surface area contributed by atoms with Gasteiger partial charge in [-0.3, -0.25) is 14.4 Å². The Balaban J connectivity index is 1.64. The summed E-state index contributed by atoms with van der Waals surface area (Å²) < 4.78 is 16.1. The molecule has 1 saturated heterocycles. The smallest absolute Gasteiger partial charge is 0.311 e. The molecule has 158 valence electrons. The van der Waals surface area contributed by atoms with Crippen LogP contribution < -0.4 is 14.4 Å². The lowest BCUT2D eigenvalue weighted by Crippen LogP contribution is -2.26. The van der Waals surface area contributed by atoms with Gasteiger partial charge in [0.2, 0.25) is 5.91 Å². The van der Waals surface area contributed by atoms with E-state index in [0.717, 1.165) is 11.4 Å². The number of carbonyl (C=O) groups is 3. The Hall–Kier alpha value is -3.35. The van der Waals surface area contributed by atoms with Crippen molar-refractivity contribution in [1.82, 2.24) is 0 Å². The average molecular weight is 411 g/mol. The van der Waals surface area contributed by atoms with Crippen molar-refractivity contribution in [2.45, 2.75) is 26.9 Å². The number of Topliss-reactive ketones (excluding diaryl/α,β-unsaturated/α-hetero) is 1. The summed E-state index contributed by atoms with van der Waals surface area (Å²) in [5.41, 5.74) is 1.83. The van der Waals surface area contributed by atoms with E-state index < -0.39 is 11.9 Å². The number of anilines is 1. The number of benzene rings is 2. The second kappa shape index (κ2) is 9.43. The van der Waals surface area contributed by atoms with E-state index in [0.29, 0.717) is 23.5 Å². The number of ketones is 1. The molecule has 7 nitrogen and oxygen atoms in total. The number of amides is 1. The fourth-order valence-corrected chi connectivity index (χ4v) is 3.38. The maximum atomic E-state index is 12.6. The van der Waals surface area contributed by atoms with Gasteiger partial charge in [0, 0.05) is 29.8 Å². The van der Waals surface area contributed by atoms with Crippen molar-refractivity contribution >= 4 is 23.3 Å². The van der Waals surface area contributed by atoms with E-state index in [2.05, 4.69) is 0 Å². The lowest BCUT2D eigenvalue weighted by atomic mass is 10.1. The van der Waals surface area contributed by atoms with E-state index in [1.807, 2.05) is 6.92 Å². The van der Waals surface area contributed by atoms with Gasteiger partial charge in [-0.15, -0.1) is 0 Å². The van der Waals surface area contributed by atoms with Crippen molar-refractivity contribution < 1.29 is 28.6 Å². The third-order valence-corrected chi connectivity index (χ3v) is 4.97. The van der Waals surface area contributed by atoms with E-state index >= 15 is 0 Å². The third-order valence-electron chi connectivity index (χ3n) is 4.97. The molecule has 2 aromatic rings. The zero-order chi connectivity index (χ0) is 21.7. The van der Waals surface area contributed by atoms with Crippen LogP contribution in [0.25, 0.3) is 0 Å². The molecule has 1 atom stereocenters. The SMILES string of the molecule is CCOc1ccc(N2CC(C(=O)OCc3cc(C(C)=O)ccc3OC)CC2=O)cc1. The summed E-state index contributed by atoms with van der Waals surface area (Å²) in [6, 6.07) is 12.2. The summed E-state index contributed by atoms with van der Waals surface area (Å²) in [5.74, 6) is 0.0462. The molecule has 1 aliphatic heterocycles. The second-order valence-corrected chi connectivity index (χ2v) is 7.02. The number of hydrogen-bond donors (Lipinski definition) is 0. The van der Waals surface area contributed by atoms with Crippen molar-refractivity contribution in [3.8, 4) is 11.5 Å². The Bertz CT molecular complexity index is 937. The predicted octanol–water partition coefficient (Wildman–Crippen LogP) is 3.39. The molecule has 1 fully saturated rings. The molecule has 0 N–H and O–H groups in total. The van der Waals surface area contributed by atoms with Gasteiger partial charge >= 0.3 is 5.97 Å². The first kappa shape index (κ1) is 21.4. The summed E-state index contributed by atoms with van der Waals surface area (Å²) in [7, 11) is 1.51. The molecular formula is C23H25NO6. The highest BCUT2D eigenvalue weighted by Crippen LogP contribution is 2.28. The first-order valence-corrected chi connectivity index (χ1v) is 9.80. The molecular weight excluding hydrogens is 386 g/mol. The van der Waals surface area contributed by atoms with Crippen molar-refractivity contribution in [3.05, 3.63) is 53.6 Å². The lowest BCUT2D eigenvalue weighted by molar-refractivity contribution is -0.149. The number of methoxy groups -OCH3 is 1. The number of esters is 1. The Morgan fingerprint density at radius 1 is 1.13 bits per heavy atom. The van der Waals surface area contributed by atoms with Crippen LogP contribution in [-0.4, -0.2) is 37.9 Å². The molecule has 2 aromatic carbocycles. The topological polar surface area (TPSA) is 82.1 Å². The van der Waals surface area contributed by atoms with Crippen LogP contribution >= 0.6 is 0 Å². The summed E-state index contributed by atoms with van der Waals surface area (Å²) >= 11 is 0. The highest BCUT2D eigenvalue weighted by atomic mass is 16.5. The molecule has 0 aliphatic carbocycles. The molecule has 7 heteroatoms. The molecule has 0 saturated carbocycles. The summed E-state index contributed by atoms with van der Waals surface area (Å²) in [5, 5.41) is 0. The van der Waals surface area contributed by atoms with Crippen LogP contribution in [0.3, 0.4) is 0 Å². The van der Waals surface area contributed by atoms with E-state index in [4.69, 9.17) is 14.2 Å². The van der Waals surface area contributed by atoms with Crippen molar-refractivity contribution in [2.24, 2.45) is 5.92 Å². The average Bonchev–Trinajstić information content (AvgIpc) is 3.14. The van der Waals surface area contributed by atoms with Gasteiger partial charge in [0.1, 0.15) is 18.1 Å². The van der Waals surface area contributed by atoms with E-state index in [1.54, 1.807) is 47.4 Å². The Labute approximate surface area is 175 Å². The molecule has 0 aromatic heterocycles. The van der Waals surface area contributed by atoms with Gasteiger partial charge in [0.05, 0.1) is 19.6 Å². The van der Waals surface area contributed by atoms with Crippen molar-refractivity contribution in [1.29, 1.82) is 0 Å². The molecule has 0 radical (unpaired) electrons. The number of hydrogen-bond acceptors (Lipinski definition) is 6. The van der Waals surface area contributed by atoms with Crippen molar-refractivity contribution in [2.75, 3.05) is 25.2 Å². The zero-order valence-corrected chi connectivity index (χ0v) is 17.3. The number of carbonyl (C=O) groups excluding carboxylic acids is 3. The zero-order valence-electron chi connectivity index (χ0n) is 17.3. The van der Waals surface area contributed by atoms with Gasteiger partial charge in [-0.25, -0.2) is 0 Å². The highest BCUT2D eigenvalue weighted by molar-refractivity contribution is 5.99. The number of rotatable bonds is 8. The third kappa shape index (κ3) is 4.79. The molecule has 3 rings (SSSR count). The minimum Gasteiger partial charge on any atom is -0.496 e. The molecule has 1 unspecified atom stereocenters. The van der Waals surface area contributed by atoms with Gasteiger partial charge in [0.25, 0.3) is 0 Å². The maximum Gasteiger partial charge on any atom is 0.311 e. The molecule has 30 heavy (non-hydrogen) atoms. The van der Waals surface area contributed by atoms with Crippen LogP contribution in [0.15, 0.2) is 42.5 Å². The van der Waals surface area contributed by atoms with Crippen LogP contribution in [0, 0.1) is 5.92 Å². The standard InChI is InChI=1S/C23H25NO6/c1-4-29-20-8-6-19(7-9-20)24-13-17(12-22(24)26)23(27)30-14-18-11-16(15(2)25)5-10-21(18)28-3/h5-11,17H,4,12-14H2,1-3H3. The number of ether oxygens (including phenoxy) is 3. The van der Waals surface area contributed by atoms with Crippen LogP contribution in [0.5, 0.6) is 11.5 Å². The molecule has 1 heterocycles. The van der Waals surface area contributed by atoms with Crippen molar-refractivity contribution in [3.63, 3.8) is 0 Å². The van der Waals surface area contributed by atoms with Gasteiger partial charge in [-0.2, -0.15) is 0 Å². The van der Waals surface area contributed by atoms with Gasteiger partial charge < -0.3 is 19.1 Å². The quantitative estimate of drug-likeness (QED) is 0.489. The fraction of sp³-hybridized carbons (Fsp3) is 0.348. The predicted molar refractivity (Wildman–Crippen MR) is 111 cm³/mol. The molecule has 1 aliphatic rings. The maximum absolute atomic E-state index is 12.6. The Morgan fingerprint density at radius 2 is 1.87 bits per heavy atom. The monoisotopic (exact) mass is 411 g/mol. The molecule has 0 bridgehead atoms. The summed E-state index contributed by atoms with van der Waals surface area (Å²) in [6.07, 6.45) is 0.0939. The van der Waals surface area contributed by atoms with Gasteiger partial charge in [-0.05, 0) is 56.3 Å². The summed E-state index contributed by atoms with van der Waals surface area (Å²) in [4.78, 5) is 38.2.